The Morgan fingerprint density at radius 1 is 1.16 bits per heavy atom. The van der Waals surface area contributed by atoms with Crippen molar-refractivity contribution in [2.45, 2.75) is 44.9 Å². The molecule has 2 aliphatic heterocycles. The molecular formula is C26H26Cl2N6O3. The van der Waals surface area contributed by atoms with Gasteiger partial charge in [-0.25, -0.2) is 4.68 Å². The lowest BCUT2D eigenvalue weighted by molar-refractivity contribution is -0.125. The summed E-state index contributed by atoms with van der Waals surface area (Å²) in [6.07, 6.45) is 2.13. The van der Waals surface area contributed by atoms with Gasteiger partial charge < -0.3 is 15.1 Å². The standard InChI is InChI=1S/C26H26Cl2N6O3/c1-14-10-21-17(12-32(14)25(36)16-7-8-18(27)19(28)11-16)23-26(37)33(15(2)20-6-4-5-9-30-20)13-22(24(35)29-3)34(23)31-21/h4-9,11,14-15,22H,10,12-13H2,1-3H3,(H,29,35)/t14-,15?,22+/m1/s1. The lowest BCUT2D eigenvalue weighted by Gasteiger charge is -2.37. The third-order valence-corrected chi connectivity index (χ3v) is 7.87. The zero-order valence-electron chi connectivity index (χ0n) is 20.6. The van der Waals surface area contributed by atoms with Crippen molar-refractivity contribution in [1.29, 1.82) is 0 Å². The van der Waals surface area contributed by atoms with Crippen LogP contribution in [0.25, 0.3) is 0 Å². The summed E-state index contributed by atoms with van der Waals surface area (Å²) in [6.45, 7) is 4.17. The summed E-state index contributed by atoms with van der Waals surface area (Å²) >= 11 is 12.2. The number of pyridine rings is 1. The SMILES string of the molecule is CNC(=O)[C@@H]1CN(C(C)c2ccccn2)C(=O)c2c3c(nn21)C[C@@H](C)N(C(=O)c1ccc(Cl)c(Cl)c1)C3. The van der Waals surface area contributed by atoms with E-state index in [4.69, 9.17) is 28.3 Å². The number of nitrogens with zero attached hydrogens (tertiary/aromatic N) is 5. The Hall–Kier alpha value is -3.43. The fourth-order valence-electron chi connectivity index (χ4n) is 5.04. The molecule has 11 heteroatoms. The minimum absolute atomic E-state index is 0.158. The average Bonchev–Trinajstić information content (AvgIpc) is 3.27. The van der Waals surface area contributed by atoms with Gasteiger partial charge in [0, 0.05) is 36.8 Å². The Morgan fingerprint density at radius 2 is 1.95 bits per heavy atom. The molecule has 3 amide bonds. The van der Waals surface area contributed by atoms with E-state index in [1.54, 1.807) is 41.2 Å². The molecule has 37 heavy (non-hydrogen) atoms. The van der Waals surface area contributed by atoms with E-state index in [1.807, 2.05) is 32.0 Å². The number of carbonyl (C=O) groups excluding carboxylic acids is 3. The number of likely N-dealkylation sites (N-methyl/N-ethyl adjacent to an activating group) is 1. The second-order valence-electron chi connectivity index (χ2n) is 9.35. The zero-order valence-corrected chi connectivity index (χ0v) is 22.1. The molecule has 3 atom stereocenters. The Bertz CT molecular complexity index is 1390. The number of nitrogens with one attached hydrogen (secondary N) is 1. The molecule has 4 heterocycles. The third kappa shape index (κ3) is 4.36. The van der Waals surface area contributed by atoms with Gasteiger partial charge in [0.1, 0.15) is 11.7 Å². The van der Waals surface area contributed by atoms with Crippen LogP contribution in [-0.4, -0.2) is 61.9 Å². The molecule has 9 nitrogen and oxygen atoms in total. The van der Waals surface area contributed by atoms with Crippen molar-refractivity contribution < 1.29 is 14.4 Å². The van der Waals surface area contributed by atoms with Crippen LogP contribution < -0.4 is 5.32 Å². The Balaban J connectivity index is 1.54. The first-order valence-corrected chi connectivity index (χ1v) is 12.8. The number of fused-ring (bicyclic) bond motifs is 3. The first kappa shape index (κ1) is 25.2. The van der Waals surface area contributed by atoms with E-state index in [-0.39, 0.29) is 42.9 Å². The summed E-state index contributed by atoms with van der Waals surface area (Å²) < 4.78 is 1.54. The van der Waals surface area contributed by atoms with Crippen LogP contribution in [0.15, 0.2) is 42.6 Å². The molecule has 1 unspecified atom stereocenters. The molecule has 1 N–H and O–H groups in total. The van der Waals surface area contributed by atoms with Gasteiger partial charge in [0.25, 0.3) is 11.8 Å². The van der Waals surface area contributed by atoms with E-state index in [0.717, 1.165) is 11.4 Å². The highest BCUT2D eigenvalue weighted by Crippen LogP contribution is 2.35. The van der Waals surface area contributed by atoms with E-state index in [2.05, 4.69) is 10.3 Å². The minimum atomic E-state index is -0.705. The van der Waals surface area contributed by atoms with Crippen molar-refractivity contribution in [2.24, 2.45) is 0 Å². The summed E-state index contributed by atoms with van der Waals surface area (Å²) in [5, 5.41) is 8.07. The molecule has 0 saturated carbocycles. The first-order chi connectivity index (χ1) is 17.7. The maximum Gasteiger partial charge on any atom is 0.273 e. The van der Waals surface area contributed by atoms with E-state index >= 15 is 0 Å². The van der Waals surface area contributed by atoms with Gasteiger partial charge in [-0.2, -0.15) is 5.10 Å². The molecule has 0 bridgehead atoms. The van der Waals surface area contributed by atoms with E-state index in [9.17, 15) is 14.4 Å². The van der Waals surface area contributed by atoms with Crippen LogP contribution in [0.5, 0.6) is 0 Å². The van der Waals surface area contributed by atoms with E-state index < -0.39 is 6.04 Å². The average molecular weight is 541 g/mol. The summed E-state index contributed by atoms with van der Waals surface area (Å²) in [5.74, 6) is -0.714. The first-order valence-electron chi connectivity index (χ1n) is 12.0. The van der Waals surface area contributed by atoms with Crippen LogP contribution in [0, 0.1) is 0 Å². The van der Waals surface area contributed by atoms with Gasteiger partial charge in [-0.15, -0.1) is 0 Å². The Kier molecular flexibility index (Phi) is 6.68. The van der Waals surface area contributed by atoms with Crippen LogP contribution in [-0.2, 0) is 17.8 Å². The highest BCUT2D eigenvalue weighted by molar-refractivity contribution is 6.42. The number of carbonyl (C=O) groups is 3. The maximum absolute atomic E-state index is 13.9. The van der Waals surface area contributed by atoms with Crippen molar-refractivity contribution in [2.75, 3.05) is 13.6 Å². The molecule has 2 aliphatic rings. The highest BCUT2D eigenvalue weighted by Gasteiger charge is 2.43. The fraction of sp³-hybridized carbons (Fsp3) is 0.346. The number of amides is 3. The second-order valence-corrected chi connectivity index (χ2v) is 10.2. The van der Waals surface area contributed by atoms with Crippen molar-refractivity contribution in [3.05, 3.63) is 80.8 Å². The molecule has 0 fully saturated rings. The summed E-state index contributed by atoms with van der Waals surface area (Å²) in [5.41, 5.74) is 2.83. The molecule has 192 valence electrons. The van der Waals surface area contributed by atoms with Crippen molar-refractivity contribution in [3.8, 4) is 0 Å². The van der Waals surface area contributed by atoms with Crippen LogP contribution in [0.3, 0.4) is 0 Å². The van der Waals surface area contributed by atoms with Crippen molar-refractivity contribution >= 4 is 40.9 Å². The highest BCUT2D eigenvalue weighted by atomic mass is 35.5. The molecule has 0 spiro atoms. The number of hydrogen-bond donors (Lipinski definition) is 1. The summed E-state index contributed by atoms with van der Waals surface area (Å²) in [4.78, 5) is 48.1. The quantitative estimate of drug-likeness (QED) is 0.544. The monoisotopic (exact) mass is 540 g/mol. The van der Waals surface area contributed by atoms with Gasteiger partial charge >= 0.3 is 0 Å². The van der Waals surface area contributed by atoms with E-state index in [1.165, 1.54) is 4.68 Å². The maximum atomic E-state index is 13.9. The fourth-order valence-corrected chi connectivity index (χ4v) is 5.34. The van der Waals surface area contributed by atoms with Gasteiger partial charge in [-0.1, -0.05) is 29.3 Å². The van der Waals surface area contributed by atoms with Gasteiger partial charge in [0.2, 0.25) is 5.91 Å². The second kappa shape index (κ2) is 9.79. The van der Waals surface area contributed by atoms with Crippen LogP contribution in [0.1, 0.15) is 63.7 Å². The van der Waals surface area contributed by atoms with Crippen molar-refractivity contribution in [1.82, 2.24) is 29.9 Å². The Labute approximate surface area is 224 Å². The van der Waals surface area contributed by atoms with E-state index in [0.29, 0.717) is 33.3 Å². The molecule has 0 saturated heterocycles. The smallest absolute Gasteiger partial charge is 0.273 e. The summed E-state index contributed by atoms with van der Waals surface area (Å²) in [6, 6.07) is 9.06. The molecule has 0 radical (unpaired) electrons. The number of aromatic nitrogens is 3. The van der Waals surface area contributed by atoms with Crippen molar-refractivity contribution in [3.63, 3.8) is 0 Å². The van der Waals surface area contributed by atoms with Crippen LogP contribution >= 0.6 is 23.2 Å². The number of benzene rings is 1. The molecule has 5 rings (SSSR count). The lowest BCUT2D eigenvalue weighted by Crippen LogP contribution is -2.49. The van der Waals surface area contributed by atoms with Crippen LogP contribution in [0.2, 0.25) is 10.0 Å². The minimum Gasteiger partial charge on any atom is -0.357 e. The topological polar surface area (TPSA) is 100 Å². The zero-order chi connectivity index (χ0) is 26.4. The van der Waals surface area contributed by atoms with Gasteiger partial charge in [-0.3, -0.25) is 19.4 Å². The predicted octanol–water partition coefficient (Wildman–Crippen LogP) is 3.68. The number of halogens is 2. The molecule has 3 aromatic rings. The largest absolute Gasteiger partial charge is 0.357 e. The Morgan fingerprint density at radius 3 is 2.62 bits per heavy atom. The lowest BCUT2D eigenvalue weighted by atomic mass is 9.96. The van der Waals surface area contributed by atoms with Crippen LogP contribution in [0.4, 0.5) is 0 Å². The number of rotatable bonds is 4. The molecule has 2 aromatic heterocycles. The van der Waals surface area contributed by atoms with Gasteiger partial charge in [0.05, 0.1) is 40.6 Å². The molecule has 0 aliphatic carbocycles. The molecular weight excluding hydrogens is 515 g/mol. The summed E-state index contributed by atoms with van der Waals surface area (Å²) in [7, 11) is 1.56. The predicted molar refractivity (Wildman–Crippen MR) is 139 cm³/mol. The van der Waals surface area contributed by atoms with Gasteiger partial charge in [-0.05, 0) is 44.2 Å². The van der Waals surface area contributed by atoms with Gasteiger partial charge in [0.15, 0.2) is 0 Å². The molecule has 1 aromatic carbocycles. The third-order valence-electron chi connectivity index (χ3n) is 7.13. The number of hydrogen-bond acceptors (Lipinski definition) is 5. The normalized spacial score (nSPS) is 19.8.